The van der Waals surface area contributed by atoms with Crippen molar-refractivity contribution in [3.05, 3.63) is 39.5 Å². The summed E-state index contributed by atoms with van der Waals surface area (Å²) in [6.07, 6.45) is 3.94. The predicted octanol–water partition coefficient (Wildman–Crippen LogP) is 2.97. The molecular weight excluding hydrogens is 313 g/mol. The number of carbonyl (C=O) groups is 1. The van der Waals surface area contributed by atoms with E-state index in [9.17, 15) is 4.79 Å². The molecule has 16 heavy (non-hydrogen) atoms. The molecule has 0 saturated heterocycles. The fourth-order valence-corrected chi connectivity index (χ4v) is 2.34. The summed E-state index contributed by atoms with van der Waals surface area (Å²) in [4.78, 5) is 11.6. The van der Waals surface area contributed by atoms with E-state index in [-0.39, 0.29) is 5.91 Å². The van der Waals surface area contributed by atoms with Gasteiger partial charge in [-0.2, -0.15) is 0 Å². The fourth-order valence-electron chi connectivity index (χ4n) is 1.53. The molecule has 1 aromatic carbocycles. The van der Waals surface area contributed by atoms with E-state index in [1.807, 2.05) is 31.2 Å². The lowest BCUT2D eigenvalue weighted by atomic mass is 10.1. The van der Waals surface area contributed by atoms with Gasteiger partial charge in [0, 0.05) is 15.7 Å². The average Bonchev–Trinajstić information content (AvgIpc) is 3.01. The summed E-state index contributed by atoms with van der Waals surface area (Å²) >= 11 is 2.29. The second-order valence-corrected chi connectivity index (χ2v) is 5.25. The lowest BCUT2D eigenvalue weighted by Gasteiger charge is -2.05. The Hall–Kier alpha value is -0.840. The summed E-state index contributed by atoms with van der Waals surface area (Å²) < 4.78 is 1.17. The Morgan fingerprint density at radius 3 is 2.75 bits per heavy atom. The molecule has 0 spiro atoms. The molecule has 0 aromatic heterocycles. The number of hydrogen-bond acceptors (Lipinski definition) is 1. The molecular formula is C13H14INO. The molecule has 1 aliphatic rings. The number of halogens is 1. The van der Waals surface area contributed by atoms with Crippen molar-refractivity contribution in [3.63, 3.8) is 0 Å². The van der Waals surface area contributed by atoms with Gasteiger partial charge < -0.3 is 5.32 Å². The van der Waals surface area contributed by atoms with Gasteiger partial charge in [0.05, 0.1) is 0 Å². The molecule has 0 bridgehead atoms. The van der Waals surface area contributed by atoms with Crippen LogP contribution in [0.2, 0.25) is 0 Å². The topological polar surface area (TPSA) is 29.1 Å². The van der Waals surface area contributed by atoms with E-state index in [0.29, 0.717) is 6.04 Å². The molecule has 3 heteroatoms. The van der Waals surface area contributed by atoms with Crippen LogP contribution in [0.1, 0.15) is 25.3 Å². The zero-order valence-corrected chi connectivity index (χ0v) is 11.3. The Morgan fingerprint density at radius 1 is 1.44 bits per heavy atom. The third-order valence-electron chi connectivity index (χ3n) is 2.57. The zero-order valence-electron chi connectivity index (χ0n) is 9.16. The van der Waals surface area contributed by atoms with Crippen LogP contribution >= 0.6 is 22.6 Å². The lowest BCUT2D eigenvalue weighted by molar-refractivity contribution is -0.116. The molecule has 1 amide bonds. The van der Waals surface area contributed by atoms with Crippen LogP contribution in [0.5, 0.6) is 0 Å². The number of allylic oxidation sites excluding steroid dienone is 1. The van der Waals surface area contributed by atoms with Gasteiger partial charge in [0.1, 0.15) is 0 Å². The first-order valence-corrected chi connectivity index (χ1v) is 6.48. The van der Waals surface area contributed by atoms with Crippen molar-refractivity contribution < 1.29 is 4.79 Å². The van der Waals surface area contributed by atoms with Crippen LogP contribution in [-0.2, 0) is 4.79 Å². The fraction of sp³-hybridized carbons (Fsp3) is 0.308. The monoisotopic (exact) mass is 327 g/mol. The normalized spacial score (nSPS) is 16.0. The van der Waals surface area contributed by atoms with E-state index in [2.05, 4.69) is 27.9 Å². The van der Waals surface area contributed by atoms with Crippen LogP contribution in [-0.4, -0.2) is 11.9 Å². The number of carbonyl (C=O) groups excluding carboxylic acids is 1. The van der Waals surface area contributed by atoms with E-state index in [1.165, 1.54) is 3.57 Å². The predicted molar refractivity (Wildman–Crippen MR) is 74.0 cm³/mol. The second kappa shape index (κ2) is 4.99. The minimum atomic E-state index is 0.0275. The molecule has 1 fully saturated rings. The highest BCUT2D eigenvalue weighted by Gasteiger charge is 2.22. The van der Waals surface area contributed by atoms with Gasteiger partial charge in [-0.25, -0.2) is 0 Å². The first-order chi connectivity index (χ1) is 7.66. The van der Waals surface area contributed by atoms with Crippen LogP contribution in [0, 0.1) is 3.57 Å². The maximum absolute atomic E-state index is 11.6. The standard InChI is InChI=1S/C13H14INO/c1-9(8-13(16)15-10-6-7-10)11-4-2-3-5-12(11)14/h2-5,8,10H,6-7H2,1H3,(H,15,16)/b9-8-. The van der Waals surface area contributed by atoms with Gasteiger partial charge in [-0.15, -0.1) is 0 Å². The van der Waals surface area contributed by atoms with Gasteiger partial charge in [-0.05, 0) is 59.6 Å². The molecule has 0 aliphatic heterocycles. The summed E-state index contributed by atoms with van der Waals surface area (Å²) in [5.74, 6) is 0.0275. The molecule has 2 nitrogen and oxygen atoms in total. The van der Waals surface area contributed by atoms with Crippen molar-refractivity contribution in [1.82, 2.24) is 5.32 Å². The summed E-state index contributed by atoms with van der Waals surface area (Å²) in [6.45, 7) is 1.98. The smallest absolute Gasteiger partial charge is 0.244 e. The van der Waals surface area contributed by atoms with Crippen LogP contribution in [0.25, 0.3) is 5.57 Å². The van der Waals surface area contributed by atoms with Gasteiger partial charge >= 0.3 is 0 Å². The van der Waals surface area contributed by atoms with Crippen molar-refractivity contribution in [2.75, 3.05) is 0 Å². The zero-order chi connectivity index (χ0) is 11.5. The van der Waals surface area contributed by atoms with E-state index in [4.69, 9.17) is 0 Å². The quantitative estimate of drug-likeness (QED) is 0.671. The van der Waals surface area contributed by atoms with Gasteiger partial charge in [-0.3, -0.25) is 4.79 Å². The summed E-state index contributed by atoms with van der Waals surface area (Å²) in [5, 5.41) is 2.96. The molecule has 1 saturated carbocycles. The Bertz CT molecular complexity index is 435. The van der Waals surface area contributed by atoms with E-state index >= 15 is 0 Å². The van der Waals surface area contributed by atoms with Gasteiger partial charge in [0.15, 0.2) is 0 Å². The van der Waals surface area contributed by atoms with Crippen molar-refractivity contribution >= 4 is 34.1 Å². The molecule has 0 unspecified atom stereocenters. The van der Waals surface area contributed by atoms with Crippen LogP contribution in [0.3, 0.4) is 0 Å². The SMILES string of the molecule is C/C(=C/C(=O)NC1CC1)c1ccccc1I. The second-order valence-electron chi connectivity index (χ2n) is 4.09. The van der Waals surface area contributed by atoms with Crippen LogP contribution in [0.4, 0.5) is 0 Å². The highest BCUT2D eigenvalue weighted by molar-refractivity contribution is 14.1. The first-order valence-electron chi connectivity index (χ1n) is 5.40. The molecule has 1 aliphatic carbocycles. The van der Waals surface area contributed by atoms with Crippen LogP contribution < -0.4 is 5.32 Å². The summed E-state index contributed by atoms with van der Waals surface area (Å²) in [7, 11) is 0. The third kappa shape index (κ3) is 3.07. The maximum atomic E-state index is 11.6. The van der Waals surface area contributed by atoms with Crippen LogP contribution in [0.15, 0.2) is 30.3 Å². The molecule has 2 rings (SSSR count). The Labute approximate surface area is 109 Å². The molecule has 0 radical (unpaired) electrons. The Balaban J connectivity index is 2.10. The minimum Gasteiger partial charge on any atom is -0.350 e. The summed E-state index contributed by atoms with van der Waals surface area (Å²) in [5.41, 5.74) is 2.15. The highest BCUT2D eigenvalue weighted by Crippen LogP contribution is 2.21. The molecule has 1 N–H and O–H groups in total. The maximum Gasteiger partial charge on any atom is 0.244 e. The number of nitrogens with one attached hydrogen (secondary N) is 1. The molecule has 1 aromatic rings. The van der Waals surface area contributed by atoms with Crippen molar-refractivity contribution in [2.24, 2.45) is 0 Å². The van der Waals surface area contributed by atoms with Gasteiger partial charge in [0.25, 0.3) is 0 Å². The van der Waals surface area contributed by atoms with E-state index < -0.39 is 0 Å². The lowest BCUT2D eigenvalue weighted by Crippen LogP contribution is -2.23. The molecule has 0 heterocycles. The Morgan fingerprint density at radius 2 is 2.12 bits per heavy atom. The third-order valence-corrected chi connectivity index (χ3v) is 3.51. The van der Waals surface area contributed by atoms with Crippen molar-refractivity contribution in [3.8, 4) is 0 Å². The van der Waals surface area contributed by atoms with Gasteiger partial charge in [-0.1, -0.05) is 18.2 Å². The molecule has 0 atom stereocenters. The average molecular weight is 327 g/mol. The highest BCUT2D eigenvalue weighted by atomic mass is 127. The van der Waals surface area contributed by atoms with E-state index in [1.54, 1.807) is 6.08 Å². The number of amides is 1. The minimum absolute atomic E-state index is 0.0275. The number of benzene rings is 1. The van der Waals surface area contributed by atoms with Crippen molar-refractivity contribution in [1.29, 1.82) is 0 Å². The van der Waals surface area contributed by atoms with E-state index in [0.717, 1.165) is 24.0 Å². The molecule has 84 valence electrons. The first kappa shape index (κ1) is 11.6. The number of rotatable bonds is 3. The van der Waals surface area contributed by atoms with Gasteiger partial charge in [0.2, 0.25) is 5.91 Å². The van der Waals surface area contributed by atoms with Crippen molar-refractivity contribution in [2.45, 2.75) is 25.8 Å². The number of hydrogen-bond donors (Lipinski definition) is 1. The summed E-state index contributed by atoms with van der Waals surface area (Å²) in [6, 6.07) is 8.51. The largest absolute Gasteiger partial charge is 0.350 e. The Kier molecular flexibility index (Phi) is 3.63.